The van der Waals surface area contributed by atoms with Crippen LogP contribution in [-0.2, 0) is 5.33 Å². The van der Waals surface area contributed by atoms with Crippen LogP contribution in [0.15, 0.2) is 42.5 Å². The Morgan fingerprint density at radius 3 is 2.24 bits per heavy atom. The lowest BCUT2D eigenvalue weighted by atomic mass is 10.2. The van der Waals surface area contributed by atoms with E-state index < -0.39 is 0 Å². The van der Waals surface area contributed by atoms with Crippen molar-refractivity contribution in [2.24, 2.45) is 0 Å². The van der Waals surface area contributed by atoms with Gasteiger partial charge in [0.15, 0.2) is 0 Å². The van der Waals surface area contributed by atoms with E-state index in [1.807, 2.05) is 36.4 Å². The van der Waals surface area contributed by atoms with E-state index in [2.05, 4.69) is 15.9 Å². The van der Waals surface area contributed by atoms with Crippen molar-refractivity contribution in [3.8, 4) is 11.5 Å². The lowest BCUT2D eigenvalue weighted by molar-refractivity contribution is 0.479. The third-order valence-electron chi connectivity index (χ3n) is 2.27. The van der Waals surface area contributed by atoms with Gasteiger partial charge in [-0.05, 0) is 24.3 Å². The molecule has 2 aromatic carbocycles. The molecule has 2 rings (SSSR count). The molecule has 0 heterocycles. The molecule has 0 aliphatic heterocycles. The highest BCUT2D eigenvalue weighted by molar-refractivity contribution is 9.08. The first-order valence-corrected chi connectivity index (χ1v) is 6.86. The molecule has 0 amide bonds. The first-order chi connectivity index (χ1) is 8.22. The largest absolute Gasteiger partial charge is 0.455 e. The van der Waals surface area contributed by atoms with Gasteiger partial charge in [0.05, 0.1) is 5.02 Å². The summed E-state index contributed by atoms with van der Waals surface area (Å²) in [4.78, 5) is 0. The van der Waals surface area contributed by atoms with E-state index in [0.29, 0.717) is 26.9 Å². The smallest absolute Gasteiger partial charge is 0.146 e. The van der Waals surface area contributed by atoms with Gasteiger partial charge in [-0.1, -0.05) is 57.3 Å². The second kappa shape index (κ2) is 5.76. The third kappa shape index (κ3) is 2.95. The molecule has 0 N–H and O–H groups in total. The molecule has 0 aromatic heterocycles. The number of hydrogen-bond donors (Lipinski definition) is 0. The van der Waals surface area contributed by atoms with Gasteiger partial charge in [0.2, 0.25) is 0 Å². The SMILES string of the molecule is Clc1ccccc1Oc1cccc(Cl)c1CBr. The summed E-state index contributed by atoms with van der Waals surface area (Å²) >= 11 is 15.5. The summed E-state index contributed by atoms with van der Waals surface area (Å²) in [5.41, 5.74) is 0.911. The van der Waals surface area contributed by atoms with Gasteiger partial charge in [-0.3, -0.25) is 0 Å². The predicted octanol–water partition coefficient (Wildman–Crippen LogP) is 5.68. The van der Waals surface area contributed by atoms with Gasteiger partial charge in [0, 0.05) is 15.9 Å². The maximum absolute atomic E-state index is 6.09. The van der Waals surface area contributed by atoms with Crippen molar-refractivity contribution >= 4 is 39.1 Å². The minimum Gasteiger partial charge on any atom is -0.455 e. The Morgan fingerprint density at radius 1 is 0.882 bits per heavy atom. The highest BCUT2D eigenvalue weighted by Crippen LogP contribution is 2.34. The van der Waals surface area contributed by atoms with E-state index in [1.54, 1.807) is 6.07 Å². The first-order valence-electron chi connectivity index (χ1n) is 4.98. The molecule has 0 radical (unpaired) electrons. The highest BCUT2D eigenvalue weighted by atomic mass is 79.9. The van der Waals surface area contributed by atoms with E-state index in [0.717, 1.165) is 5.56 Å². The lowest BCUT2D eigenvalue weighted by Crippen LogP contribution is -1.90. The molecule has 17 heavy (non-hydrogen) atoms. The molecule has 0 saturated heterocycles. The molecule has 4 heteroatoms. The molecular weight excluding hydrogens is 323 g/mol. The summed E-state index contributed by atoms with van der Waals surface area (Å²) in [7, 11) is 0. The molecule has 0 atom stereocenters. The average Bonchev–Trinajstić information content (AvgIpc) is 2.32. The second-order valence-corrected chi connectivity index (χ2v) is 4.76. The van der Waals surface area contributed by atoms with Crippen LogP contribution in [0.25, 0.3) is 0 Å². The van der Waals surface area contributed by atoms with Crippen molar-refractivity contribution in [2.75, 3.05) is 0 Å². The standard InChI is InChI=1S/C13H9BrCl2O/c14-8-9-10(15)5-3-7-12(9)17-13-6-2-1-4-11(13)16/h1-7H,8H2. The number of rotatable bonds is 3. The minimum absolute atomic E-state index is 0.577. The summed E-state index contributed by atoms with van der Waals surface area (Å²) in [6.07, 6.45) is 0. The fourth-order valence-corrected chi connectivity index (χ4v) is 2.56. The maximum atomic E-state index is 6.09. The van der Waals surface area contributed by atoms with Gasteiger partial charge in [-0.15, -0.1) is 0 Å². The number of alkyl halides is 1. The van der Waals surface area contributed by atoms with Crippen LogP contribution >= 0.6 is 39.1 Å². The van der Waals surface area contributed by atoms with E-state index in [4.69, 9.17) is 27.9 Å². The van der Waals surface area contributed by atoms with Crippen LogP contribution < -0.4 is 4.74 Å². The van der Waals surface area contributed by atoms with Crippen LogP contribution in [0.3, 0.4) is 0 Å². The van der Waals surface area contributed by atoms with E-state index in [1.165, 1.54) is 0 Å². The highest BCUT2D eigenvalue weighted by Gasteiger charge is 2.09. The Morgan fingerprint density at radius 2 is 1.53 bits per heavy atom. The van der Waals surface area contributed by atoms with Crippen molar-refractivity contribution < 1.29 is 4.74 Å². The van der Waals surface area contributed by atoms with Crippen molar-refractivity contribution in [1.29, 1.82) is 0 Å². The first kappa shape index (κ1) is 12.7. The Balaban J connectivity index is 2.37. The Hall–Kier alpha value is -0.700. The second-order valence-electron chi connectivity index (χ2n) is 3.38. The van der Waals surface area contributed by atoms with Crippen LogP contribution in [0.4, 0.5) is 0 Å². The normalized spacial score (nSPS) is 10.3. The van der Waals surface area contributed by atoms with E-state index in [9.17, 15) is 0 Å². The minimum atomic E-state index is 0.577. The third-order valence-corrected chi connectivity index (χ3v) is 3.49. The molecule has 0 bridgehead atoms. The molecular formula is C13H9BrCl2O. The maximum Gasteiger partial charge on any atom is 0.146 e. The van der Waals surface area contributed by atoms with Crippen molar-refractivity contribution in [3.05, 3.63) is 58.1 Å². The van der Waals surface area contributed by atoms with Crippen LogP contribution in [0.2, 0.25) is 10.0 Å². The van der Waals surface area contributed by atoms with Gasteiger partial charge in [0.1, 0.15) is 11.5 Å². The Labute approximate surface area is 118 Å². The lowest BCUT2D eigenvalue weighted by Gasteiger charge is -2.11. The van der Waals surface area contributed by atoms with Gasteiger partial charge in [-0.25, -0.2) is 0 Å². The van der Waals surface area contributed by atoms with Gasteiger partial charge < -0.3 is 4.74 Å². The Kier molecular flexibility index (Phi) is 4.32. The van der Waals surface area contributed by atoms with Gasteiger partial charge >= 0.3 is 0 Å². The van der Waals surface area contributed by atoms with Crippen LogP contribution in [0, 0.1) is 0 Å². The van der Waals surface area contributed by atoms with E-state index in [-0.39, 0.29) is 0 Å². The topological polar surface area (TPSA) is 9.23 Å². The number of benzene rings is 2. The van der Waals surface area contributed by atoms with Crippen LogP contribution in [0.1, 0.15) is 5.56 Å². The van der Waals surface area contributed by atoms with Crippen molar-refractivity contribution in [3.63, 3.8) is 0 Å². The number of hydrogen-bond acceptors (Lipinski definition) is 1. The fraction of sp³-hybridized carbons (Fsp3) is 0.0769. The van der Waals surface area contributed by atoms with E-state index >= 15 is 0 Å². The van der Waals surface area contributed by atoms with Crippen LogP contribution in [0.5, 0.6) is 11.5 Å². The average molecular weight is 332 g/mol. The van der Waals surface area contributed by atoms with Crippen molar-refractivity contribution in [1.82, 2.24) is 0 Å². The molecule has 0 fully saturated rings. The van der Waals surface area contributed by atoms with Gasteiger partial charge in [0.25, 0.3) is 0 Å². The molecule has 88 valence electrons. The summed E-state index contributed by atoms with van der Waals surface area (Å²) < 4.78 is 5.77. The molecule has 2 aromatic rings. The molecule has 1 nitrogen and oxygen atoms in total. The monoisotopic (exact) mass is 330 g/mol. The van der Waals surface area contributed by atoms with Crippen LogP contribution in [-0.4, -0.2) is 0 Å². The zero-order valence-corrected chi connectivity index (χ0v) is 11.9. The summed E-state index contributed by atoms with van der Waals surface area (Å²) in [5, 5.41) is 1.88. The molecule has 0 aliphatic rings. The molecule has 0 spiro atoms. The number of para-hydroxylation sites is 1. The number of halogens is 3. The predicted molar refractivity (Wildman–Crippen MR) is 75.6 cm³/mol. The summed E-state index contributed by atoms with van der Waals surface area (Å²) in [5.74, 6) is 1.33. The zero-order chi connectivity index (χ0) is 12.3. The quantitative estimate of drug-likeness (QED) is 0.657. The van der Waals surface area contributed by atoms with Crippen molar-refractivity contribution in [2.45, 2.75) is 5.33 Å². The Bertz CT molecular complexity index is 529. The number of ether oxygens (including phenoxy) is 1. The fourth-order valence-electron chi connectivity index (χ4n) is 1.41. The summed E-state index contributed by atoms with van der Waals surface area (Å²) in [6, 6.07) is 12.9. The zero-order valence-electron chi connectivity index (χ0n) is 8.79. The molecule has 0 unspecified atom stereocenters. The summed E-state index contributed by atoms with van der Waals surface area (Å²) in [6.45, 7) is 0. The molecule has 0 saturated carbocycles. The molecule has 0 aliphatic carbocycles. The van der Waals surface area contributed by atoms with Gasteiger partial charge in [-0.2, -0.15) is 0 Å².